The van der Waals surface area contributed by atoms with Crippen molar-refractivity contribution in [1.29, 1.82) is 0 Å². The Balaban J connectivity index is 2.32. The molecule has 0 bridgehead atoms. The number of rotatable bonds is 3. The SMILES string of the molecule is Cc1ccnn1-c1cccc(CP(C(C)(C)C)C(C)(C)C)c1. The molecule has 1 aromatic heterocycles. The first-order valence-corrected chi connectivity index (χ1v) is 9.49. The Morgan fingerprint density at radius 1 is 1.00 bits per heavy atom. The van der Waals surface area contributed by atoms with E-state index in [2.05, 4.69) is 77.8 Å². The summed E-state index contributed by atoms with van der Waals surface area (Å²) in [5.74, 6) is 0. The molecular weight excluding hydrogens is 287 g/mol. The van der Waals surface area contributed by atoms with Gasteiger partial charge >= 0.3 is 0 Å². The van der Waals surface area contributed by atoms with Crippen molar-refractivity contribution in [3.05, 3.63) is 47.8 Å². The Morgan fingerprint density at radius 3 is 2.14 bits per heavy atom. The summed E-state index contributed by atoms with van der Waals surface area (Å²) in [6, 6.07) is 10.9. The molecule has 0 saturated carbocycles. The first-order valence-electron chi connectivity index (χ1n) is 7.97. The zero-order valence-corrected chi connectivity index (χ0v) is 15.9. The second kappa shape index (κ2) is 6.16. The van der Waals surface area contributed by atoms with E-state index in [1.165, 1.54) is 11.3 Å². The standard InChI is InChI=1S/C19H29N2P/c1-15-11-12-20-21(15)17-10-8-9-16(13-17)14-22(18(2,3)4)19(5,6)7/h8-13H,14H2,1-7H3. The van der Waals surface area contributed by atoms with Gasteiger partial charge in [0.1, 0.15) is 0 Å². The van der Waals surface area contributed by atoms with Crippen molar-refractivity contribution >= 4 is 7.92 Å². The summed E-state index contributed by atoms with van der Waals surface area (Å²) in [5.41, 5.74) is 3.76. The van der Waals surface area contributed by atoms with Crippen molar-refractivity contribution in [2.24, 2.45) is 0 Å². The van der Waals surface area contributed by atoms with E-state index < -0.39 is 0 Å². The summed E-state index contributed by atoms with van der Waals surface area (Å²) in [5, 5.41) is 5.13. The molecule has 2 aromatic rings. The van der Waals surface area contributed by atoms with Crippen LogP contribution in [0, 0.1) is 6.92 Å². The van der Waals surface area contributed by atoms with Crippen molar-refractivity contribution in [2.75, 3.05) is 0 Å². The van der Waals surface area contributed by atoms with E-state index in [-0.39, 0.29) is 7.92 Å². The second-order valence-electron chi connectivity index (χ2n) is 7.98. The molecule has 0 atom stereocenters. The summed E-state index contributed by atoms with van der Waals surface area (Å²) in [6.45, 7) is 16.4. The summed E-state index contributed by atoms with van der Waals surface area (Å²) in [6.07, 6.45) is 3.02. The molecule has 0 amide bonds. The summed E-state index contributed by atoms with van der Waals surface area (Å²) >= 11 is 0. The topological polar surface area (TPSA) is 17.8 Å². The predicted octanol–water partition coefficient (Wildman–Crippen LogP) is 5.76. The van der Waals surface area contributed by atoms with Crippen LogP contribution in [0.1, 0.15) is 52.8 Å². The fourth-order valence-electron chi connectivity index (χ4n) is 3.09. The molecule has 0 saturated heterocycles. The molecule has 2 rings (SSSR count). The normalized spacial score (nSPS) is 12.9. The fraction of sp³-hybridized carbons (Fsp3) is 0.526. The maximum absolute atomic E-state index is 4.43. The first-order chi connectivity index (χ1) is 10.1. The summed E-state index contributed by atoms with van der Waals surface area (Å²) in [7, 11) is -0.126. The molecule has 0 aliphatic rings. The highest BCUT2D eigenvalue weighted by Gasteiger charge is 2.34. The zero-order valence-electron chi connectivity index (χ0n) is 15.0. The van der Waals surface area contributed by atoms with Gasteiger partial charge in [0.15, 0.2) is 0 Å². The molecule has 0 unspecified atom stereocenters. The van der Waals surface area contributed by atoms with E-state index >= 15 is 0 Å². The Morgan fingerprint density at radius 2 is 1.64 bits per heavy atom. The molecule has 0 fully saturated rings. The van der Waals surface area contributed by atoms with Gasteiger partial charge in [-0.2, -0.15) is 5.10 Å². The maximum Gasteiger partial charge on any atom is 0.0651 e. The van der Waals surface area contributed by atoms with Crippen LogP contribution in [-0.2, 0) is 6.16 Å². The highest BCUT2D eigenvalue weighted by Crippen LogP contribution is 2.61. The summed E-state index contributed by atoms with van der Waals surface area (Å²) in [4.78, 5) is 0. The number of aromatic nitrogens is 2. The fourth-order valence-corrected chi connectivity index (χ4v) is 6.61. The Hall–Kier alpha value is -1.14. The largest absolute Gasteiger partial charge is 0.238 e. The number of nitrogens with zero attached hydrogens (tertiary/aromatic N) is 2. The Bertz CT molecular complexity index is 615. The zero-order chi connectivity index (χ0) is 16.5. The second-order valence-corrected chi connectivity index (χ2v) is 11.8. The average molecular weight is 316 g/mol. The maximum atomic E-state index is 4.43. The highest BCUT2D eigenvalue weighted by molar-refractivity contribution is 7.60. The van der Waals surface area contributed by atoms with Gasteiger partial charge in [-0.05, 0) is 47.2 Å². The van der Waals surface area contributed by atoms with Crippen LogP contribution in [0.3, 0.4) is 0 Å². The van der Waals surface area contributed by atoms with Gasteiger partial charge in [0.2, 0.25) is 0 Å². The molecule has 0 spiro atoms. The van der Waals surface area contributed by atoms with E-state index in [1.54, 1.807) is 0 Å². The third-order valence-corrected chi connectivity index (χ3v) is 7.87. The van der Waals surface area contributed by atoms with Gasteiger partial charge in [-0.1, -0.05) is 61.6 Å². The van der Waals surface area contributed by atoms with Gasteiger partial charge in [0.05, 0.1) is 5.69 Å². The molecule has 0 aliphatic carbocycles. The van der Waals surface area contributed by atoms with Crippen molar-refractivity contribution in [1.82, 2.24) is 9.78 Å². The molecule has 3 heteroatoms. The van der Waals surface area contributed by atoms with Gasteiger partial charge in [-0.25, -0.2) is 4.68 Å². The van der Waals surface area contributed by atoms with Crippen molar-refractivity contribution in [3.8, 4) is 5.69 Å². The van der Waals surface area contributed by atoms with E-state index in [0.29, 0.717) is 10.3 Å². The van der Waals surface area contributed by atoms with Gasteiger partial charge in [0.25, 0.3) is 0 Å². The first kappa shape index (κ1) is 17.2. The number of hydrogen-bond acceptors (Lipinski definition) is 1. The quantitative estimate of drug-likeness (QED) is 0.658. The van der Waals surface area contributed by atoms with Gasteiger partial charge < -0.3 is 0 Å². The van der Waals surface area contributed by atoms with E-state index in [0.717, 1.165) is 11.8 Å². The van der Waals surface area contributed by atoms with E-state index in [4.69, 9.17) is 0 Å². The van der Waals surface area contributed by atoms with Crippen LogP contribution < -0.4 is 0 Å². The van der Waals surface area contributed by atoms with Crippen molar-refractivity contribution in [3.63, 3.8) is 0 Å². The van der Waals surface area contributed by atoms with Crippen LogP contribution >= 0.6 is 7.92 Å². The lowest BCUT2D eigenvalue weighted by molar-refractivity contribution is 0.702. The molecule has 0 aliphatic heterocycles. The minimum Gasteiger partial charge on any atom is -0.238 e. The number of aryl methyl sites for hydroxylation is 1. The monoisotopic (exact) mass is 316 g/mol. The molecule has 0 N–H and O–H groups in total. The van der Waals surface area contributed by atoms with Crippen LogP contribution in [0.2, 0.25) is 0 Å². The Labute approximate surface area is 136 Å². The van der Waals surface area contributed by atoms with Crippen LogP contribution in [0.25, 0.3) is 5.69 Å². The number of benzene rings is 1. The van der Waals surface area contributed by atoms with E-state index in [1.807, 2.05) is 16.9 Å². The molecule has 0 radical (unpaired) electrons. The van der Waals surface area contributed by atoms with E-state index in [9.17, 15) is 0 Å². The van der Waals surface area contributed by atoms with Crippen molar-refractivity contribution < 1.29 is 0 Å². The van der Waals surface area contributed by atoms with Crippen LogP contribution in [0.5, 0.6) is 0 Å². The van der Waals surface area contributed by atoms with Crippen LogP contribution in [-0.4, -0.2) is 20.1 Å². The third kappa shape index (κ3) is 3.98. The molecule has 2 nitrogen and oxygen atoms in total. The third-order valence-electron chi connectivity index (χ3n) is 3.95. The molecular formula is C19H29N2P. The molecule has 22 heavy (non-hydrogen) atoms. The van der Waals surface area contributed by atoms with Gasteiger partial charge in [-0.3, -0.25) is 0 Å². The molecule has 120 valence electrons. The molecule has 1 aromatic carbocycles. The van der Waals surface area contributed by atoms with Crippen molar-refractivity contribution in [2.45, 2.75) is 64.9 Å². The lowest BCUT2D eigenvalue weighted by Crippen LogP contribution is -2.25. The minimum atomic E-state index is -0.126. The van der Waals surface area contributed by atoms with Gasteiger partial charge in [0, 0.05) is 11.9 Å². The molecule has 1 heterocycles. The van der Waals surface area contributed by atoms with Crippen LogP contribution in [0.15, 0.2) is 36.5 Å². The summed E-state index contributed by atoms with van der Waals surface area (Å²) < 4.78 is 2.01. The highest BCUT2D eigenvalue weighted by atomic mass is 31.1. The van der Waals surface area contributed by atoms with Gasteiger partial charge in [-0.15, -0.1) is 0 Å². The van der Waals surface area contributed by atoms with Crippen LogP contribution in [0.4, 0.5) is 0 Å². The Kier molecular flexibility index (Phi) is 4.82. The smallest absolute Gasteiger partial charge is 0.0651 e. The average Bonchev–Trinajstić information content (AvgIpc) is 2.80. The lowest BCUT2D eigenvalue weighted by atomic mass is 10.2. The number of hydrogen-bond donors (Lipinski definition) is 0. The lowest BCUT2D eigenvalue weighted by Gasteiger charge is -2.41. The minimum absolute atomic E-state index is 0.126. The predicted molar refractivity (Wildman–Crippen MR) is 98.4 cm³/mol.